The summed E-state index contributed by atoms with van der Waals surface area (Å²) in [5.41, 5.74) is 0.0360. The highest BCUT2D eigenvalue weighted by Gasteiger charge is 2.28. The fraction of sp³-hybridized carbons (Fsp3) is 0.625. The molecule has 1 aliphatic rings. The third kappa shape index (κ3) is 4.87. The van der Waals surface area contributed by atoms with Crippen molar-refractivity contribution in [3.8, 4) is 0 Å². The molecule has 1 amide bonds. The first-order chi connectivity index (χ1) is 10.3. The van der Waals surface area contributed by atoms with Crippen LogP contribution in [0.2, 0.25) is 0 Å². The van der Waals surface area contributed by atoms with Gasteiger partial charge in [0.05, 0.1) is 18.3 Å². The Morgan fingerprint density at radius 2 is 2.18 bits per heavy atom. The fourth-order valence-corrected chi connectivity index (χ4v) is 2.34. The molecular formula is C16H24N2O4. The maximum atomic E-state index is 12.1. The third-order valence-corrected chi connectivity index (χ3v) is 3.38. The van der Waals surface area contributed by atoms with E-state index in [1.165, 1.54) is 0 Å². The molecule has 0 spiro atoms. The number of carbonyl (C=O) groups excluding carboxylic acids is 2. The Hall–Kier alpha value is -1.82. The predicted octanol–water partition coefficient (Wildman–Crippen LogP) is 2.61. The Labute approximate surface area is 130 Å². The van der Waals surface area contributed by atoms with Crippen LogP contribution in [-0.2, 0) is 9.47 Å². The monoisotopic (exact) mass is 308 g/mol. The van der Waals surface area contributed by atoms with Gasteiger partial charge >= 0.3 is 6.09 Å². The summed E-state index contributed by atoms with van der Waals surface area (Å²) in [7, 11) is 0. The van der Waals surface area contributed by atoms with Crippen LogP contribution in [0, 0.1) is 0 Å². The van der Waals surface area contributed by atoms with Gasteiger partial charge in [0, 0.05) is 12.7 Å². The Morgan fingerprint density at radius 3 is 2.82 bits per heavy atom. The van der Waals surface area contributed by atoms with Crippen LogP contribution in [0.1, 0.15) is 44.1 Å². The fourth-order valence-electron chi connectivity index (χ4n) is 2.34. The molecule has 2 rings (SSSR count). The van der Waals surface area contributed by atoms with Crippen molar-refractivity contribution in [1.82, 2.24) is 9.88 Å². The summed E-state index contributed by atoms with van der Waals surface area (Å²) < 4.78 is 11.0. The van der Waals surface area contributed by atoms with Gasteiger partial charge in [0.15, 0.2) is 0 Å². The molecule has 122 valence electrons. The number of amides is 1. The minimum Gasteiger partial charge on any atom is -0.444 e. The molecule has 6 nitrogen and oxygen atoms in total. The Morgan fingerprint density at radius 1 is 1.41 bits per heavy atom. The number of aromatic nitrogens is 1. The first kappa shape index (κ1) is 16.5. The predicted molar refractivity (Wildman–Crippen MR) is 81.9 cm³/mol. The molecule has 2 heterocycles. The number of H-pyrrole nitrogens is 1. The molecule has 1 fully saturated rings. The van der Waals surface area contributed by atoms with Gasteiger partial charge in [0.25, 0.3) is 0 Å². The van der Waals surface area contributed by atoms with Crippen molar-refractivity contribution in [2.75, 3.05) is 19.7 Å². The molecule has 1 aliphatic heterocycles. The van der Waals surface area contributed by atoms with Gasteiger partial charge in [0.2, 0.25) is 5.78 Å². The summed E-state index contributed by atoms with van der Waals surface area (Å²) in [6.45, 7) is 6.69. The number of ketones is 1. The number of likely N-dealkylation sites (tertiary alicyclic amines) is 1. The molecule has 1 aromatic heterocycles. The molecule has 0 radical (unpaired) electrons. The molecule has 1 atom stereocenters. The molecule has 0 aromatic carbocycles. The Kier molecular flexibility index (Phi) is 5.24. The highest BCUT2D eigenvalue weighted by molar-refractivity contribution is 5.95. The van der Waals surface area contributed by atoms with Crippen molar-refractivity contribution < 1.29 is 19.1 Å². The summed E-state index contributed by atoms with van der Waals surface area (Å²) in [6.07, 6.45) is 2.95. The maximum absolute atomic E-state index is 12.1. The zero-order valence-electron chi connectivity index (χ0n) is 13.4. The van der Waals surface area contributed by atoms with E-state index in [9.17, 15) is 9.59 Å². The zero-order valence-corrected chi connectivity index (χ0v) is 13.4. The van der Waals surface area contributed by atoms with Crippen molar-refractivity contribution in [3.63, 3.8) is 0 Å². The van der Waals surface area contributed by atoms with Crippen molar-refractivity contribution in [1.29, 1.82) is 0 Å². The van der Waals surface area contributed by atoms with Gasteiger partial charge in [-0.1, -0.05) is 0 Å². The van der Waals surface area contributed by atoms with Crippen LogP contribution < -0.4 is 0 Å². The molecule has 0 saturated carbocycles. The molecule has 1 aromatic rings. The van der Waals surface area contributed by atoms with Crippen LogP contribution in [0.3, 0.4) is 0 Å². The van der Waals surface area contributed by atoms with Gasteiger partial charge in [-0.2, -0.15) is 0 Å². The lowest BCUT2D eigenvalue weighted by molar-refractivity contribution is -0.0163. The minimum atomic E-state index is -0.505. The highest BCUT2D eigenvalue weighted by Crippen LogP contribution is 2.17. The second kappa shape index (κ2) is 6.96. The Bertz CT molecular complexity index is 505. The van der Waals surface area contributed by atoms with Crippen LogP contribution in [0.15, 0.2) is 18.3 Å². The van der Waals surface area contributed by atoms with Crippen LogP contribution in [-0.4, -0.2) is 53.2 Å². The van der Waals surface area contributed by atoms with Crippen molar-refractivity contribution in [2.24, 2.45) is 0 Å². The number of hydrogen-bond donors (Lipinski definition) is 1. The summed E-state index contributed by atoms with van der Waals surface area (Å²) in [4.78, 5) is 28.5. The molecule has 22 heavy (non-hydrogen) atoms. The standard InChI is InChI=1S/C16H24N2O4/c1-16(2,3)22-15(20)18-9-5-6-12(10-18)21-11-14(19)13-7-4-8-17-13/h4,7-8,12,17H,5-6,9-11H2,1-3H3/t12-/m0/s1. The second-order valence-electron chi connectivity index (χ2n) is 6.51. The molecule has 0 bridgehead atoms. The van der Waals surface area contributed by atoms with E-state index in [0.717, 1.165) is 12.8 Å². The van der Waals surface area contributed by atoms with E-state index in [0.29, 0.717) is 18.8 Å². The first-order valence-electron chi connectivity index (χ1n) is 7.61. The maximum Gasteiger partial charge on any atom is 0.410 e. The van der Waals surface area contributed by atoms with Crippen molar-refractivity contribution in [3.05, 3.63) is 24.0 Å². The molecule has 0 unspecified atom stereocenters. The average molecular weight is 308 g/mol. The van der Waals surface area contributed by atoms with Gasteiger partial charge < -0.3 is 19.4 Å². The quantitative estimate of drug-likeness (QED) is 0.868. The molecular weight excluding hydrogens is 284 g/mol. The van der Waals surface area contributed by atoms with E-state index in [4.69, 9.17) is 9.47 Å². The third-order valence-electron chi connectivity index (χ3n) is 3.38. The lowest BCUT2D eigenvalue weighted by Gasteiger charge is -2.33. The largest absolute Gasteiger partial charge is 0.444 e. The van der Waals surface area contributed by atoms with E-state index >= 15 is 0 Å². The van der Waals surface area contributed by atoms with E-state index < -0.39 is 5.60 Å². The summed E-state index contributed by atoms with van der Waals surface area (Å²) >= 11 is 0. The van der Waals surface area contributed by atoms with Crippen LogP contribution in [0.25, 0.3) is 0 Å². The minimum absolute atomic E-state index is 0.0212. The molecule has 1 N–H and O–H groups in total. The SMILES string of the molecule is CC(C)(C)OC(=O)N1CCC[C@H](OCC(=O)c2ccc[nH]2)C1. The number of piperidine rings is 1. The average Bonchev–Trinajstić information content (AvgIpc) is 2.97. The van der Waals surface area contributed by atoms with Crippen LogP contribution in [0.5, 0.6) is 0 Å². The highest BCUT2D eigenvalue weighted by atomic mass is 16.6. The van der Waals surface area contributed by atoms with Crippen molar-refractivity contribution >= 4 is 11.9 Å². The van der Waals surface area contributed by atoms with Gasteiger partial charge in [-0.25, -0.2) is 4.79 Å². The van der Waals surface area contributed by atoms with E-state index in [1.807, 2.05) is 20.8 Å². The summed E-state index contributed by atoms with van der Waals surface area (Å²) in [5.74, 6) is -0.0839. The number of Topliss-reactive ketones (excluding diaryl/α,β-unsaturated/α-hetero) is 1. The number of aromatic amines is 1. The number of ether oxygens (including phenoxy) is 2. The summed E-state index contributed by atoms with van der Waals surface area (Å²) in [6, 6.07) is 3.50. The van der Waals surface area contributed by atoms with Gasteiger partial charge in [0.1, 0.15) is 12.2 Å². The number of hydrogen-bond acceptors (Lipinski definition) is 4. The molecule has 6 heteroatoms. The topological polar surface area (TPSA) is 71.6 Å². The number of nitrogens with zero attached hydrogens (tertiary/aromatic N) is 1. The lowest BCUT2D eigenvalue weighted by Crippen LogP contribution is -2.45. The summed E-state index contributed by atoms with van der Waals surface area (Å²) in [5, 5.41) is 0. The van der Waals surface area contributed by atoms with Crippen molar-refractivity contribution in [2.45, 2.75) is 45.3 Å². The number of nitrogens with one attached hydrogen (secondary N) is 1. The Balaban J connectivity index is 1.80. The molecule has 1 saturated heterocycles. The van der Waals surface area contributed by atoms with Gasteiger partial charge in [-0.05, 0) is 45.7 Å². The first-order valence-corrected chi connectivity index (χ1v) is 7.61. The zero-order chi connectivity index (χ0) is 16.2. The van der Waals surface area contributed by atoms with E-state index in [-0.39, 0.29) is 24.6 Å². The second-order valence-corrected chi connectivity index (χ2v) is 6.51. The van der Waals surface area contributed by atoms with Crippen LogP contribution >= 0.6 is 0 Å². The lowest BCUT2D eigenvalue weighted by atomic mass is 10.1. The van der Waals surface area contributed by atoms with Gasteiger partial charge in [-0.15, -0.1) is 0 Å². The van der Waals surface area contributed by atoms with E-state index in [1.54, 1.807) is 23.2 Å². The van der Waals surface area contributed by atoms with E-state index in [2.05, 4.69) is 4.98 Å². The van der Waals surface area contributed by atoms with Gasteiger partial charge in [-0.3, -0.25) is 4.79 Å². The normalized spacial score (nSPS) is 19.0. The van der Waals surface area contributed by atoms with Crippen LogP contribution in [0.4, 0.5) is 4.79 Å². The number of rotatable bonds is 4. The molecule has 0 aliphatic carbocycles. The smallest absolute Gasteiger partial charge is 0.410 e. The number of carbonyl (C=O) groups is 2.